The van der Waals surface area contributed by atoms with E-state index in [-0.39, 0.29) is 23.2 Å². The second-order valence-corrected chi connectivity index (χ2v) is 9.92. The Balaban J connectivity index is 1.26. The Morgan fingerprint density at radius 3 is 2.67 bits per heavy atom. The van der Waals surface area contributed by atoms with Crippen molar-refractivity contribution < 1.29 is 9.59 Å². The van der Waals surface area contributed by atoms with E-state index >= 15 is 0 Å². The average molecular weight is 506 g/mol. The molecule has 0 saturated carbocycles. The largest absolute Gasteiger partial charge is 0.368 e. The van der Waals surface area contributed by atoms with E-state index in [0.29, 0.717) is 29.6 Å². The van der Waals surface area contributed by atoms with Crippen LogP contribution in [0.2, 0.25) is 10.2 Å². The number of nitrogens with one attached hydrogen (secondary N) is 1. The van der Waals surface area contributed by atoms with Crippen LogP contribution in [0.5, 0.6) is 0 Å². The van der Waals surface area contributed by atoms with Crippen LogP contribution in [0.1, 0.15) is 34.9 Å². The van der Waals surface area contributed by atoms with Gasteiger partial charge in [0.1, 0.15) is 10.2 Å². The van der Waals surface area contributed by atoms with Gasteiger partial charge in [0.15, 0.2) is 0 Å². The molecule has 0 bridgehead atoms. The molecule has 3 aliphatic rings. The van der Waals surface area contributed by atoms with Crippen LogP contribution in [0.4, 0.5) is 5.69 Å². The zero-order chi connectivity index (χ0) is 23.1. The highest BCUT2D eigenvalue weighted by Gasteiger charge is 2.39. The Labute approximate surface area is 208 Å². The topological polar surface area (TPSA) is 68.8 Å². The first kappa shape index (κ1) is 22.9. The van der Waals surface area contributed by atoms with Gasteiger partial charge in [0, 0.05) is 51.9 Å². The number of anilines is 1. The quantitative estimate of drug-likeness (QED) is 0.377. The number of rotatable bonds is 4. The van der Waals surface area contributed by atoms with Crippen molar-refractivity contribution in [3.63, 3.8) is 0 Å². The summed E-state index contributed by atoms with van der Waals surface area (Å²) in [5, 5.41) is 3.15. The minimum atomic E-state index is -0.328. The fourth-order valence-corrected chi connectivity index (χ4v) is 5.87. The third-order valence-corrected chi connectivity index (χ3v) is 8.12. The SMILES string of the molecule is O=C1CCC(N2Cc3c(CN4CCN(c5ccnc(Cl)c5Cl)CC4)cccc3C2S)C(=O)N1. The molecule has 2 fully saturated rings. The van der Waals surface area contributed by atoms with Crippen LogP contribution in [-0.2, 0) is 22.7 Å². The molecule has 1 aromatic carbocycles. The second-order valence-electron chi connectivity index (χ2n) is 8.70. The Morgan fingerprint density at radius 2 is 1.91 bits per heavy atom. The van der Waals surface area contributed by atoms with Gasteiger partial charge in [-0.1, -0.05) is 41.4 Å². The lowest BCUT2D eigenvalue weighted by molar-refractivity contribution is -0.137. The molecule has 33 heavy (non-hydrogen) atoms. The van der Waals surface area contributed by atoms with Crippen molar-refractivity contribution in [1.82, 2.24) is 20.1 Å². The molecule has 7 nitrogen and oxygen atoms in total. The lowest BCUT2D eigenvalue weighted by Gasteiger charge is -2.36. The molecule has 10 heteroatoms. The fraction of sp³-hybridized carbons (Fsp3) is 0.435. The first-order chi connectivity index (χ1) is 15.9. The standard InChI is InChI=1S/C23H25Cl2N5O2S/c24-20-17(6-7-26-21(20)25)29-10-8-28(9-11-29)12-14-2-1-3-15-16(14)13-30(23(15)33)18-4-5-19(31)27-22(18)32/h1-3,6-7,18,23,33H,4-5,8-13H2,(H,27,31,32). The number of hydrogen-bond acceptors (Lipinski definition) is 7. The van der Waals surface area contributed by atoms with Crippen LogP contribution < -0.4 is 10.2 Å². The maximum Gasteiger partial charge on any atom is 0.243 e. The van der Waals surface area contributed by atoms with E-state index in [9.17, 15) is 9.59 Å². The minimum Gasteiger partial charge on any atom is -0.368 e. The molecule has 2 atom stereocenters. The van der Waals surface area contributed by atoms with E-state index in [1.165, 1.54) is 11.1 Å². The molecule has 1 aromatic heterocycles. The molecule has 2 aromatic rings. The molecule has 2 unspecified atom stereocenters. The Morgan fingerprint density at radius 1 is 1.12 bits per heavy atom. The lowest BCUT2D eigenvalue weighted by Crippen LogP contribution is -2.51. The summed E-state index contributed by atoms with van der Waals surface area (Å²) in [6, 6.07) is 7.91. The van der Waals surface area contributed by atoms with Gasteiger partial charge >= 0.3 is 0 Å². The van der Waals surface area contributed by atoms with Crippen LogP contribution >= 0.6 is 35.8 Å². The van der Waals surface area contributed by atoms with Crippen molar-refractivity contribution in [2.24, 2.45) is 0 Å². The number of imide groups is 1. The molecule has 2 amide bonds. The summed E-state index contributed by atoms with van der Waals surface area (Å²) in [5.74, 6) is -0.413. The maximum absolute atomic E-state index is 12.4. The summed E-state index contributed by atoms with van der Waals surface area (Å²) in [4.78, 5) is 34.8. The Bertz CT molecular complexity index is 1090. The van der Waals surface area contributed by atoms with Gasteiger partial charge in [-0.2, -0.15) is 12.6 Å². The monoisotopic (exact) mass is 505 g/mol. The van der Waals surface area contributed by atoms with Crippen molar-refractivity contribution >= 4 is 53.3 Å². The Hall–Kier alpha value is -1.84. The number of piperidine rings is 1. The summed E-state index contributed by atoms with van der Waals surface area (Å²) >= 11 is 17.3. The molecule has 4 heterocycles. The van der Waals surface area contributed by atoms with Crippen molar-refractivity contribution in [3.8, 4) is 0 Å². The number of carbonyl (C=O) groups excluding carboxylic acids is 2. The maximum atomic E-state index is 12.4. The van der Waals surface area contributed by atoms with E-state index in [1.807, 2.05) is 6.07 Å². The van der Waals surface area contributed by atoms with Crippen LogP contribution in [-0.4, -0.2) is 58.8 Å². The van der Waals surface area contributed by atoms with E-state index < -0.39 is 0 Å². The van der Waals surface area contributed by atoms with Gasteiger partial charge in [0.25, 0.3) is 0 Å². The lowest BCUT2D eigenvalue weighted by atomic mass is 10.0. The molecule has 0 aliphatic carbocycles. The van der Waals surface area contributed by atoms with Gasteiger partial charge in [-0.3, -0.25) is 24.7 Å². The fourth-order valence-electron chi connectivity index (χ4n) is 5.01. The number of fused-ring (bicyclic) bond motifs is 1. The number of hydrogen-bond donors (Lipinski definition) is 2. The van der Waals surface area contributed by atoms with Crippen molar-refractivity contribution in [1.29, 1.82) is 0 Å². The normalized spacial score (nSPS) is 24.2. The van der Waals surface area contributed by atoms with E-state index in [4.69, 9.17) is 35.8 Å². The minimum absolute atomic E-state index is 0.153. The van der Waals surface area contributed by atoms with Gasteiger partial charge in [0.05, 0.1) is 17.1 Å². The number of aromatic nitrogens is 1. The van der Waals surface area contributed by atoms with E-state index in [0.717, 1.165) is 44.0 Å². The highest BCUT2D eigenvalue weighted by atomic mass is 35.5. The van der Waals surface area contributed by atoms with Gasteiger partial charge in [-0.25, -0.2) is 4.98 Å². The zero-order valence-corrected chi connectivity index (χ0v) is 20.4. The van der Waals surface area contributed by atoms with Gasteiger partial charge in [0.2, 0.25) is 11.8 Å². The van der Waals surface area contributed by atoms with Crippen LogP contribution in [0.3, 0.4) is 0 Å². The first-order valence-corrected chi connectivity index (χ1v) is 12.3. The number of carbonyl (C=O) groups is 2. The predicted molar refractivity (Wildman–Crippen MR) is 132 cm³/mol. The van der Waals surface area contributed by atoms with Gasteiger partial charge in [-0.05, 0) is 29.2 Å². The van der Waals surface area contributed by atoms with Crippen molar-refractivity contribution in [2.75, 3.05) is 31.1 Å². The number of piperazine rings is 1. The third kappa shape index (κ3) is 4.47. The molecular formula is C23H25Cl2N5O2S. The summed E-state index contributed by atoms with van der Waals surface area (Å²) in [7, 11) is 0. The third-order valence-electron chi connectivity index (χ3n) is 6.79. The van der Waals surface area contributed by atoms with Crippen LogP contribution in [0, 0.1) is 0 Å². The first-order valence-electron chi connectivity index (χ1n) is 11.1. The van der Waals surface area contributed by atoms with Crippen LogP contribution in [0.25, 0.3) is 0 Å². The molecule has 5 rings (SSSR count). The number of halogens is 2. The average Bonchev–Trinajstić information content (AvgIpc) is 3.14. The molecule has 174 valence electrons. The summed E-state index contributed by atoms with van der Waals surface area (Å²) in [6.45, 7) is 5.02. The Kier molecular flexibility index (Phi) is 6.55. The summed E-state index contributed by atoms with van der Waals surface area (Å²) in [6.07, 6.45) is 2.59. The number of thiol groups is 1. The summed E-state index contributed by atoms with van der Waals surface area (Å²) < 4.78 is 0. The van der Waals surface area contributed by atoms with E-state index in [1.54, 1.807) is 6.20 Å². The molecule has 2 saturated heterocycles. The summed E-state index contributed by atoms with van der Waals surface area (Å²) in [5.41, 5.74) is 4.58. The number of pyridine rings is 1. The van der Waals surface area contributed by atoms with Crippen molar-refractivity contribution in [3.05, 3.63) is 57.3 Å². The molecular weight excluding hydrogens is 481 g/mol. The smallest absolute Gasteiger partial charge is 0.243 e. The number of nitrogens with zero attached hydrogens (tertiary/aromatic N) is 4. The van der Waals surface area contributed by atoms with Gasteiger partial charge < -0.3 is 4.90 Å². The number of amides is 2. The predicted octanol–water partition coefficient (Wildman–Crippen LogP) is 3.26. The number of benzene rings is 1. The molecule has 1 N–H and O–H groups in total. The van der Waals surface area contributed by atoms with E-state index in [2.05, 4.69) is 43.2 Å². The highest BCUT2D eigenvalue weighted by Crippen LogP contribution is 2.41. The molecule has 3 aliphatic heterocycles. The molecule has 0 spiro atoms. The molecule has 0 radical (unpaired) electrons. The van der Waals surface area contributed by atoms with Crippen molar-refractivity contribution in [2.45, 2.75) is 37.3 Å². The van der Waals surface area contributed by atoms with Crippen LogP contribution in [0.15, 0.2) is 30.5 Å². The zero-order valence-electron chi connectivity index (χ0n) is 18.0. The second kappa shape index (κ2) is 9.43. The van der Waals surface area contributed by atoms with Gasteiger partial charge in [-0.15, -0.1) is 0 Å². The highest BCUT2D eigenvalue weighted by molar-refractivity contribution is 7.80.